The summed E-state index contributed by atoms with van der Waals surface area (Å²) in [5.41, 5.74) is 1.89. The van der Waals surface area contributed by atoms with Crippen LogP contribution in [0.5, 0.6) is 5.75 Å². The molecule has 2 aromatic carbocycles. The zero-order chi connectivity index (χ0) is 16.4. The summed E-state index contributed by atoms with van der Waals surface area (Å²) < 4.78 is 7.10. The van der Waals surface area contributed by atoms with E-state index in [0.717, 1.165) is 27.9 Å². The molecule has 2 aromatic rings. The summed E-state index contributed by atoms with van der Waals surface area (Å²) in [6, 6.07) is 16.2. The molecule has 0 amide bonds. The minimum Gasteiger partial charge on any atom is -0.487 e. The first kappa shape index (κ1) is 16.3. The number of ether oxygens (including phenoxy) is 1. The van der Waals surface area contributed by atoms with Gasteiger partial charge in [0, 0.05) is 22.1 Å². The van der Waals surface area contributed by atoms with Crippen molar-refractivity contribution >= 4 is 38.9 Å². The minimum absolute atomic E-state index is 0.130. The van der Waals surface area contributed by atoms with Crippen molar-refractivity contribution in [1.29, 1.82) is 0 Å². The lowest BCUT2D eigenvalue weighted by atomic mass is 9.90. The molecule has 0 aliphatic carbocycles. The number of thiocarbonyl (C=S) groups is 1. The molecule has 2 N–H and O–H groups in total. The predicted octanol–water partition coefficient (Wildman–Crippen LogP) is 5.04. The SMILES string of the molecule is CC1(C)CC(NC(=S)Nc2ccc(Br)cc2)c2ccccc2O1. The van der Waals surface area contributed by atoms with E-state index in [1.165, 1.54) is 0 Å². The van der Waals surface area contributed by atoms with Crippen LogP contribution in [0.2, 0.25) is 0 Å². The number of rotatable bonds is 2. The second-order valence-corrected chi connectivity index (χ2v) is 7.59. The average Bonchev–Trinajstić information content (AvgIpc) is 2.48. The van der Waals surface area contributed by atoms with Gasteiger partial charge in [-0.2, -0.15) is 0 Å². The molecule has 1 atom stereocenters. The van der Waals surface area contributed by atoms with Gasteiger partial charge in [0.05, 0.1) is 6.04 Å². The molecule has 0 aromatic heterocycles. The van der Waals surface area contributed by atoms with Crippen molar-refractivity contribution in [3.05, 3.63) is 58.6 Å². The highest BCUT2D eigenvalue weighted by Crippen LogP contribution is 2.39. The molecule has 1 aliphatic rings. The molecule has 1 aliphatic heterocycles. The van der Waals surface area contributed by atoms with Gasteiger partial charge in [0.15, 0.2) is 5.11 Å². The van der Waals surface area contributed by atoms with E-state index in [2.05, 4.69) is 46.5 Å². The minimum atomic E-state index is -0.223. The van der Waals surface area contributed by atoms with Crippen molar-refractivity contribution in [2.24, 2.45) is 0 Å². The average molecular weight is 391 g/mol. The molecule has 0 saturated heterocycles. The van der Waals surface area contributed by atoms with E-state index in [9.17, 15) is 0 Å². The number of nitrogens with one attached hydrogen (secondary N) is 2. The summed E-state index contributed by atoms with van der Waals surface area (Å²) in [5, 5.41) is 7.27. The predicted molar refractivity (Wildman–Crippen MR) is 102 cm³/mol. The van der Waals surface area contributed by atoms with Crippen LogP contribution in [0.3, 0.4) is 0 Å². The highest BCUT2D eigenvalue weighted by atomic mass is 79.9. The normalized spacial score (nSPS) is 18.5. The Morgan fingerprint density at radius 3 is 2.61 bits per heavy atom. The van der Waals surface area contributed by atoms with E-state index in [0.29, 0.717) is 5.11 Å². The van der Waals surface area contributed by atoms with Crippen LogP contribution >= 0.6 is 28.1 Å². The molecule has 0 spiro atoms. The summed E-state index contributed by atoms with van der Waals surface area (Å²) >= 11 is 8.91. The fourth-order valence-corrected chi connectivity index (χ4v) is 3.31. The Kier molecular flexibility index (Phi) is 4.60. The molecule has 1 heterocycles. The van der Waals surface area contributed by atoms with Gasteiger partial charge in [0.25, 0.3) is 0 Å². The zero-order valence-electron chi connectivity index (χ0n) is 13.1. The largest absolute Gasteiger partial charge is 0.487 e. The molecule has 3 rings (SSSR count). The van der Waals surface area contributed by atoms with E-state index in [4.69, 9.17) is 17.0 Å². The van der Waals surface area contributed by atoms with Crippen LogP contribution in [0, 0.1) is 0 Å². The Morgan fingerprint density at radius 1 is 1.17 bits per heavy atom. The summed E-state index contributed by atoms with van der Waals surface area (Å²) in [5.74, 6) is 0.924. The van der Waals surface area contributed by atoms with Crippen molar-refractivity contribution in [3.63, 3.8) is 0 Å². The molecule has 0 fully saturated rings. The van der Waals surface area contributed by atoms with E-state index in [-0.39, 0.29) is 11.6 Å². The van der Waals surface area contributed by atoms with Crippen molar-refractivity contribution in [2.45, 2.75) is 31.9 Å². The Balaban J connectivity index is 1.74. The molecule has 5 heteroatoms. The zero-order valence-corrected chi connectivity index (χ0v) is 15.5. The Morgan fingerprint density at radius 2 is 1.87 bits per heavy atom. The van der Waals surface area contributed by atoms with Gasteiger partial charge < -0.3 is 15.4 Å². The van der Waals surface area contributed by atoms with Gasteiger partial charge in [-0.05, 0) is 56.4 Å². The smallest absolute Gasteiger partial charge is 0.171 e. The Labute approximate surface area is 150 Å². The monoisotopic (exact) mass is 390 g/mol. The molecule has 120 valence electrons. The van der Waals surface area contributed by atoms with E-state index in [1.807, 2.05) is 42.5 Å². The lowest BCUT2D eigenvalue weighted by Gasteiger charge is -2.38. The fourth-order valence-electron chi connectivity index (χ4n) is 2.79. The van der Waals surface area contributed by atoms with Crippen molar-refractivity contribution in [1.82, 2.24) is 5.32 Å². The maximum atomic E-state index is 6.05. The maximum Gasteiger partial charge on any atom is 0.171 e. The summed E-state index contributed by atoms with van der Waals surface area (Å²) in [6.07, 6.45) is 0.853. The molecular weight excluding hydrogens is 372 g/mol. The lowest BCUT2D eigenvalue weighted by molar-refractivity contribution is 0.0697. The van der Waals surface area contributed by atoms with Gasteiger partial charge in [0.2, 0.25) is 0 Å². The number of para-hydroxylation sites is 1. The van der Waals surface area contributed by atoms with E-state index < -0.39 is 0 Å². The number of hydrogen-bond acceptors (Lipinski definition) is 2. The topological polar surface area (TPSA) is 33.3 Å². The first-order valence-electron chi connectivity index (χ1n) is 7.54. The van der Waals surface area contributed by atoms with Crippen LogP contribution in [0.25, 0.3) is 0 Å². The van der Waals surface area contributed by atoms with E-state index in [1.54, 1.807) is 0 Å². The van der Waals surface area contributed by atoms with Crippen LogP contribution in [-0.4, -0.2) is 10.7 Å². The van der Waals surface area contributed by atoms with E-state index >= 15 is 0 Å². The lowest BCUT2D eigenvalue weighted by Crippen LogP contribution is -2.42. The highest BCUT2D eigenvalue weighted by molar-refractivity contribution is 9.10. The Hall–Kier alpha value is -1.59. The third-order valence-corrected chi connectivity index (χ3v) is 4.53. The van der Waals surface area contributed by atoms with Gasteiger partial charge in [-0.15, -0.1) is 0 Å². The third kappa shape index (κ3) is 4.03. The van der Waals surface area contributed by atoms with Crippen LogP contribution in [0.1, 0.15) is 31.9 Å². The van der Waals surface area contributed by atoms with Crippen LogP contribution in [0.4, 0.5) is 5.69 Å². The van der Waals surface area contributed by atoms with Crippen molar-refractivity contribution in [2.75, 3.05) is 5.32 Å². The van der Waals surface area contributed by atoms with Crippen LogP contribution in [0.15, 0.2) is 53.0 Å². The summed E-state index contributed by atoms with van der Waals surface area (Å²) in [4.78, 5) is 0. The maximum absolute atomic E-state index is 6.05. The van der Waals surface area contributed by atoms with Crippen molar-refractivity contribution in [3.8, 4) is 5.75 Å². The third-order valence-electron chi connectivity index (χ3n) is 3.78. The second kappa shape index (κ2) is 6.49. The Bertz CT molecular complexity index is 715. The van der Waals surface area contributed by atoms with Crippen molar-refractivity contribution < 1.29 is 4.74 Å². The molecule has 3 nitrogen and oxygen atoms in total. The fraction of sp³-hybridized carbons (Fsp3) is 0.278. The first-order chi connectivity index (χ1) is 10.9. The van der Waals surface area contributed by atoms with Crippen LogP contribution in [-0.2, 0) is 0 Å². The number of anilines is 1. The molecule has 0 bridgehead atoms. The summed E-state index contributed by atoms with van der Waals surface area (Å²) in [7, 11) is 0. The molecule has 1 unspecified atom stereocenters. The van der Waals surface area contributed by atoms with Gasteiger partial charge in [-0.1, -0.05) is 34.1 Å². The number of benzene rings is 2. The molecular formula is C18H19BrN2OS. The van der Waals surface area contributed by atoms with Gasteiger partial charge in [-0.25, -0.2) is 0 Å². The number of fused-ring (bicyclic) bond motifs is 1. The molecule has 0 radical (unpaired) electrons. The quantitative estimate of drug-likeness (QED) is 0.703. The van der Waals surface area contributed by atoms with Gasteiger partial charge in [0.1, 0.15) is 11.4 Å². The molecule has 23 heavy (non-hydrogen) atoms. The van der Waals surface area contributed by atoms with Crippen LogP contribution < -0.4 is 15.4 Å². The van der Waals surface area contributed by atoms with Gasteiger partial charge >= 0.3 is 0 Å². The van der Waals surface area contributed by atoms with Gasteiger partial charge in [-0.3, -0.25) is 0 Å². The summed E-state index contributed by atoms with van der Waals surface area (Å²) in [6.45, 7) is 4.20. The second-order valence-electron chi connectivity index (χ2n) is 6.26. The highest BCUT2D eigenvalue weighted by Gasteiger charge is 2.33. The standard InChI is InChI=1S/C18H19BrN2OS/c1-18(2)11-15(14-5-3-4-6-16(14)22-18)21-17(23)20-13-9-7-12(19)8-10-13/h3-10,15H,11H2,1-2H3,(H2,20,21,23). The first-order valence-corrected chi connectivity index (χ1v) is 8.74. The molecule has 0 saturated carbocycles. The number of hydrogen-bond donors (Lipinski definition) is 2. The number of halogens is 1.